The molecule has 17 heteroatoms. The first kappa shape index (κ1) is 40.1. The number of terminal acetylenes is 1. The summed E-state index contributed by atoms with van der Waals surface area (Å²) in [5.74, 6) is 1.47. The number of likely N-dealkylation sites (N-methyl/N-ethyl adjacent to an activating group) is 1. The number of nitro benzene ring substituents is 1. The Bertz CT molecular complexity index is 2550. The Morgan fingerprint density at radius 2 is 1.75 bits per heavy atom. The number of nitro groups is 1. The van der Waals surface area contributed by atoms with Crippen molar-refractivity contribution < 1.29 is 42.2 Å². The molecule has 15 nitrogen and oxygen atoms in total. The van der Waals surface area contributed by atoms with Gasteiger partial charge in [0.1, 0.15) is 46.9 Å². The molecule has 2 bridgehead atoms. The predicted octanol–water partition coefficient (Wildman–Crippen LogP) is 7.27. The number of aromatic nitrogens is 3. The number of pyridine rings is 1. The molecule has 2 unspecified atom stereocenters. The second-order valence-corrected chi connectivity index (χ2v) is 16.1. The lowest BCUT2D eigenvalue weighted by Gasteiger charge is -2.42. The van der Waals surface area contributed by atoms with E-state index >= 15 is 4.39 Å². The lowest BCUT2D eigenvalue weighted by molar-refractivity contribution is -0.384. The van der Waals surface area contributed by atoms with Gasteiger partial charge in [0.05, 0.1) is 28.0 Å². The zero-order valence-corrected chi connectivity index (χ0v) is 33.3. The fourth-order valence-electron chi connectivity index (χ4n) is 8.27. The largest absolute Gasteiger partial charge is 0.514 e. The van der Waals surface area contributed by atoms with Crippen LogP contribution in [-0.2, 0) is 9.47 Å². The molecule has 3 aliphatic rings. The van der Waals surface area contributed by atoms with Gasteiger partial charge in [-0.1, -0.05) is 30.2 Å². The Balaban J connectivity index is 1.08. The summed E-state index contributed by atoms with van der Waals surface area (Å²) in [7, 11) is 1.83. The van der Waals surface area contributed by atoms with Crippen molar-refractivity contribution in [3.63, 3.8) is 0 Å². The Kier molecular flexibility index (Phi) is 10.6. The highest BCUT2D eigenvalue weighted by atomic mass is 19.1. The van der Waals surface area contributed by atoms with Gasteiger partial charge in [-0.05, 0) is 64.2 Å². The van der Waals surface area contributed by atoms with Crippen LogP contribution >= 0.6 is 0 Å². The second-order valence-electron chi connectivity index (χ2n) is 16.1. The quantitative estimate of drug-likeness (QED) is 0.0506. The normalized spacial score (nSPS) is 20.3. The molecule has 5 aromatic rings. The predicted molar refractivity (Wildman–Crippen MR) is 216 cm³/mol. The first-order valence-electron chi connectivity index (χ1n) is 19.4. The van der Waals surface area contributed by atoms with Crippen LogP contribution in [0.1, 0.15) is 45.6 Å². The van der Waals surface area contributed by atoms with Crippen molar-refractivity contribution in [2.75, 3.05) is 38.2 Å². The van der Waals surface area contributed by atoms with Gasteiger partial charge in [-0.3, -0.25) is 24.9 Å². The molecule has 0 N–H and O–H groups in total. The summed E-state index contributed by atoms with van der Waals surface area (Å²) in [6.45, 7) is 6.65. The molecule has 0 spiro atoms. The molecule has 4 atom stereocenters. The third-order valence-electron chi connectivity index (χ3n) is 11.0. The minimum absolute atomic E-state index is 0.0160. The summed E-state index contributed by atoms with van der Waals surface area (Å²) in [5, 5.41) is 12.2. The van der Waals surface area contributed by atoms with Gasteiger partial charge < -0.3 is 23.8 Å². The first-order valence-corrected chi connectivity index (χ1v) is 19.4. The van der Waals surface area contributed by atoms with Crippen LogP contribution in [0.2, 0.25) is 0 Å². The molecule has 3 fully saturated rings. The maximum absolute atomic E-state index is 17.1. The number of hydrogen-bond acceptors (Lipinski definition) is 13. The van der Waals surface area contributed by atoms with Gasteiger partial charge in [-0.25, -0.2) is 18.4 Å². The van der Waals surface area contributed by atoms with E-state index in [1.807, 2.05) is 37.6 Å². The molecule has 1 amide bonds. The van der Waals surface area contributed by atoms with E-state index in [1.54, 1.807) is 29.2 Å². The molecular weight excluding hydrogens is 781 g/mol. The van der Waals surface area contributed by atoms with Crippen LogP contribution in [-0.4, -0.2) is 105 Å². The van der Waals surface area contributed by atoms with Gasteiger partial charge in [-0.15, -0.1) is 6.42 Å². The number of hydrogen-bond donors (Lipinski definition) is 0. The van der Waals surface area contributed by atoms with Gasteiger partial charge in [0, 0.05) is 61.4 Å². The minimum Gasteiger partial charge on any atom is -0.462 e. The minimum atomic E-state index is -0.963. The van der Waals surface area contributed by atoms with Gasteiger partial charge in [0.15, 0.2) is 5.82 Å². The van der Waals surface area contributed by atoms with E-state index in [-0.39, 0.29) is 70.6 Å². The SMILES string of the molecule is C#Cc1c(F)ccc2cccc(-c3ncc4c(N5CC6CCC(C5)N6C(=O)OC(C)(C)C)nc(OC[C@@H]5C[C@@H](OC(=O)Oc6ccc([N+](=O)[O-])cc6)CN5C)nc4c3F)c12. The van der Waals surface area contributed by atoms with Crippen LogP contribution < -0.4 is 14.4 Å². The lowest BCUT2D eigenvalue weighted by atomic mass is 9.96. The number of piperazine rings is 1. The molecule has 3 saturated heterocycles. The van der Waals surface area contributed by atoms with Crippen molar-refractivity contribution in [3.05, 3.63) is 88.1 Å². The number of ether oxygens (including phenoxy) is 4. The summed E-state index contributed by atoms with van der Waals surface area (Å²) in [5.41, 5.74) is -0.705. The van der Waals surface area contributed by atoms with Gasteiger partial charge in [0.25, 0.3) is 5.69 Å². The van der Waals surface area contributed by atoms with Crippen LogP contribution in [0.25, 0.3) is 32.9 Å². The summed E-state index contributed by atoms with van der Waals surface area (Å²) in [6.07, 6.45) is 7.17. The zero-order chi connectivity index (χ0) is 42.5. The third-order valence-corrected chi connectivity index (χ3v) is 11.0. The molecule has 60 heavy (non-hydrogen) atoms. The van der Waals surface area contributed by atoms with Crippen molar-refractivity contribution in [1.82, 2.24) is 24.8 Å². The van der Waals surface area contributed by atoms with Crippen molar-refractivity contribution in [2.45, 2.75) is 69.9 Å². The number of anilines is 1. The fraction of sp³-hybridized carbons (Fsp3) is 0.372. The summed E-state index contributed by atoms with van der Waals surface area (Å²) in [4.78, 5) is 55.9. The highest BCUT2D eigenvalue weighted by Gasteiger charge is 2.45. The fourth-order valence-corrected chi connectivity index (χ4v) is 8.27. The molecule has 0 aliphatic carbocycles. The van der Waals surface area contributed by atoms with Crippen molar-refractivity contribution in [2.24, 2.45) is 0 Å². The van der Waals surface area contributed by atoms with Crippen molar-refractivity contribution >= 4 is 45.4 Å². The Labute approximate surface area is 343 Å². The smallest absolute Gasteiger partial charge is 0.462 e. The van der Waals surface area contributed by atoms with Crippen molar-refractivity contribution in [3.8, 4) is 35.4 Å². The number of nitrogens with zero attached hydrogens (tertiary/aromatic N) is 7. The van der Waals surface area contributed by atoms with Gasteiger partial charge >= 0.3 is 18.3 Å². The molecule has 3 aliphatic heterocycles. The first-order chi connectivity index (χ1) is 28.7. The topological polar surface area (TPSA) is 163 Å². The third kappa shape index (κ3) is 7.90. The van der Waals surface area contributed by atoms with E-state index in [0.717, 1.165) is 12.8 Å². The van der Waals surface area contributed by atoms with E-state index in [0.29, 0.717) is 48.0 Å². The molecule has 0 saturated carbocycles. The standard InChI is InChI=1S/C43H41F2N7O8/c1-6-31-34(44)17-10-24-8-7-9-32(35(24)31)37-36(45)38-33(19-46-37)39(50-20-26-11-12-27(21-50)51(26)41(53)60-43(2,3)4)48-40(47-38)57-23-28-18-30(22-49(28)5)59-42(54)58-29-15-13-25(14-16-29)52(55)56/h1,7-10,13-17,19,26-28,30H,11-12,18,20-23H2,2-5H3/t26?,27?,28-,30+/m0/s1. The highest BCUT2D eigenvalue weighted by Crippen LogP contribution is 2.39. The van der Waals surface area contributed by atoms with Crippen LogP contribution in [0.5, 0.6) is 11.8 Å². The van der Waals surface area contributed by atoms with Crippen LogP contribution in [0.15, 0.2) is 60.8 Å². The molecule has 5 heterocycles. The monoisotopic (exact) mass is 821 g/mol. The van der Waals surface area contributed by atoms with E-state index in [9.17, 15) is 24.1 Å². The number of carbonyl (C=O) groups is 2. The van der Waals surface area contributed by atoms with Gasteiger partial charge in [-0.2, -0.15) is 9.97 Å². The summed E-state index contributed by atoms with van der Waals surface area (Å²) in [6, 6.07) is 12.2. The van der Waals surface area contributed by atoms with E-state index in [4.69, 9.17) is 30.4 Å². The highest BCUT2D eigenvalue weighted by molar-refractivity contribution is 6.02. The number of likely N-dealkylation sites (tertiary alicyclic amines) is 1. The van der Waals surface area contributed by atoms with Crippen LogP contribution in [0.4, 0.5) is 29.9 Å². The number of benzene rings is 3. The summed E-state index contributed by atoms with van der Waals surface area (Å²) >= 11 is 0. The zero-order valence-electron chi connectivity index (χ0n) is 33.3. The van der Waals surface area contributed by atoms with Crippen LogP contribution in [0, 0.1) is 34.1 Å². The number of amides is 1. The number of fused-ring (bicyclic) bond motifs is 4. The number of rotatable bonds is 8. The van der Waals surface area contributed by atoms with E-state index < -0.39 is 34.4 Å². The molecule has 3 aromatic carbocycles. The summed E-state index contributed by atoms with van der Waals surface area (Å²) < 4.78 is 54.8. The Morgan fingerprint density at radius 3 is 2.43 bits per heavy atom. The number of halogens is 2. The van der Waals surface area contributed by atoms with E-state index in [1.165, 1.54) is 36.5 Å². The maximum atomic E-state index is 17.1. The Morgan fingerprint density at radius 1 is 1.02 bits per heavy atom. The molecule has 310 valence electrons. The maximum Gasteiger partial charge on any atom is 0.514 e. The van der Waals surface area contributed by atoms with Gasteiger partial charge in [0.2, 0.25) is 0 Å². The second kappa shape index (κ2) is 15.8. The molecular formula is C43H41F2N7O8. The number of non-ortho nitro benzene ring substituents is 1. The molecule has 0 radical (unpaired) electrons. The Hall–Kier alpha value is -6.67. The van der Waals surface area contributed by atoms with Crippen LogP contribution in [0.3, 0.4) is 0 Å². The average Bonchev–Trinajstić information content (AvgIpc) is 3.69. The lowest BCUT2D eigenvalue weighted by Crippen LogP contribution is -2.57. The van der Waals surface area contributed by atoms with E-state index in [2.05, 4.69) is 15.9 Å². The number of carbonyl (C=O) groups excluding carboxylic acids is 2. The average molecular weight is 822 g/mol. The van der Waals surface area contributed by atoms with Crippen molar-refractivity contribution in [1.29, 1.82) is 0 Å². The molecule has 8 rings (SSSR count). The molecule has 2 aromatic heterocycles.